The van der Waals surface area contributed by atoms with Gasteiger partial charge in [-0.3, -0.25) is 13.8 Å². The molecule has 5 atom stereocenters. The second-order valence-electron chi connectivity index (χ2n) is 14.0. The molecule has 0 radical (unpaired) electrons. The largest absolute Gasteiger partial charge is 0.472 e. The van der Waals surface area contributed by atoms with Gasteiger partial charge in [0.2, 0.25) is 0 Å². The predicted molar refractivity (Wildman–Crippen MR) is 233 cm³/mol. The number of phosphoric acid groups is 1. The summed E-state index contributed by atoms with van der Waals surface area (Å²) in [4.78, 5) is 22.4. The number of carbonyl (C=O) groups is 1. The summed E-state index contributed by atoms with van der Waals surface area (Å²) in [6, 6.07) is 0. The number of phosphoric ester groups is 1. The van der Waals surface area contributed by atoms with Gasteiger partial charge in [-0.15, -0.1) is 0 Å². The summed E-state index contributed by atoms with van der Waals surface area (Å²) in [5.41, 5.74) is 5.35. The molecule has 0 aliphatic heterocycles. The normalized spacial score (nSPS) is 16.0. The third-order valence-electron chi connectivity index (χ3n) is 8.63. The molecule has 328 valence electrons. The Morgan fingerprint density at radius 3 is 1.88 bits per heavy atom. The van der Waals surface area contributed by atoms with Crippen LogP contribution >= 0.6 is 7.82 Å². The SMILES string of the molecule is CC/C=C\CC(O)C(O)/C=C/C=C\C=C\C=C\C(O)C/C=C/CCC(=O)OC(COCCCCCCCC/C=C\CCCCCCCC)COP(=O)(O)OCCN. The molecule has 0 heterocycles. The van der Waals surface area contributed by atoms with E-state index in [2.05, 4.69) is 19.1 Å². The van der Waals surface area contributed by atoms with E-state index in [1.807, 2.05) is 19.1 Å². The van der Waals surface area contributed by atoms with Gasteiger partial charge in [-0.05, 0) is 57.8 Å². The molecule has 57 heavy (non-hydrogen) atoms. The second-order valence-corrected chi connectivity index (χ2v) is 15.5. The van der Waals surface area contributed by atoms with Gasteiger partial charge >= 0.3 is 13.8 Å². The van der Waals surface area contributed by atoms with Crippen LogP contribution in [0.5, 0.6) is 0 Å². The number of ether oxygens (including phenoxy) is 2. The van der Waals surface area contributed by atoms with Crippen molar-refractivity contribution >= 4 is 13.8 Å². The van der Waals surface area contributed by atoms with Crippen molar-refractivity contribution in [3.8, 4) is 0 Å². The highest BCUT2D eigenvalue weighted by Gasteiger charge is 2.25. The zero-order chi connectivity index (χ0) is 42.1. The monoisotopic (exact) mass is 824 g/mol. The summed E-state index contributed by atoms with van der Waals surface area (Å²) in [6.45, 7) is 4.30. The summed E-state index contributed by atoms with van der Waals surface area (Å²) >= 11 is 0. The van der Waals surface area contributed by atoms with Crippen molar-refractivity contribution in [2.45, 2.75) is 160 Å². The van der Waals surface area contributed by atoms with E-state index in [1.165, 1.54) is 70.3 Å². The van der Waals surface area contributed by atoms with Gasteiger partial charge in [0, 0.05) is 19.6 Å². The minimum absolute atomic E-state index is 0.0213. The highest BCUT2D eigenvalue weighted by atomic mass is 31.2. The van der Waals surface area contributed by atoms with Crippen molar-refractivity contribution in [1.82, 2.24) is 0 Å². The maximum absolute atomic E-state index is 12.6. The van der Waals surface area contributed by atoms with Crippen LogP contribution < -0.4 is 5.73 Å². The van der Waals surface area contributed by atoms with Crippen LogP contribution in [0.4, 0.5) is 0 Å². The zero-order valence-electron chi connectivity index (χ0n) is 35.1. The lowest BCUT2D eigenvalue weighted by molar-refractivity contribution is -0.154. The van der Waals surface area contributed by atoms with Gasteiger partial charge in [0.1, 0.15) is 6.10 Å². The van der Waals surface area contributed by atoms with Gasteiger partial charge in [0.15, 0.2) is 0 Å². The number of esters is 1. The molecule has 0 amide bonds. The van der Waals surface area contributed by atoms with Crippen molar-refractivity contribution < 1.29 is 48.1 Å². The van der Waals surface area contributed by atoms with Crippen LogP contribution in [-0.2, 0) is 27.9 Å². The lowest BCUT2D eigenvalue weighted by Gasteiger charge is -2.20. The molecule has 6 N–H and O–H groups in total. The fourth-order valence-electron chi connectivity index (χ4n) is 5.34. The molecule has 12 heteroatoms. The third-order valence-corrected chi connectivity index (χ3v) is 9.61. The molecular weight excluding hydrogens is 745 g/mol. The smallest absolute Gasteiger partial charge is 0.457 e. The molecule has 0 aliphatic rings. The van der Waals surface area contributed by atoms with Crippen LogP contribution in [-0.4, -0.2) is 83.6 Å². The average Bonchev–Trinajstić information content (AvgIpc) is 3.19. The van der Waals surface area contributed by atoms with Crippen molar-refractivity contribution in [3.05, 3.63) is 85.1 Å². The molecule has 0 aliphatic carbocycles. The first kappa shape index (κ1) is 54.6. The second kappa shape index (κ2) is 40.3. The molecule has 0 fully saturated rings. The number of aliphatic hydroxyl groups is 3. The zero-order valence-corrected chi connectivity index (χ0v) is 36.0. The molecule has 0 spiro atoms. The van der Waals surface area contributed by atoms with E-state index in [1.54, 1.807) is 54.7 Å². The third kappa shape index (κ3) is 38.8. The average molecular weight is 824 g/mol. The minimum atomic E-state index is -4.35. The Balaban J connectivity index is 4.41. The Labute approximate surface area is 345 Å². The number of rotatable bonds is 39. The van der Waals surface area contributed by atoms with Crippen molar-refractivity contribution in [2.75, 3.05) is 33.0 Å². The lowest BCUT2D eigenvalue weighted by atomic mass is 10.1. The molecule has 0 aromatic carbocycles. The van der Waals surface area contributed by atoms with Gasteiger partial charge in [-0.25, -0.2) is 4.57 Å². The van der Waals surface area contributed by atoms with E-state index in [9.17, 15) is 29.6 Å². The molecule has 0 saturated heterocycles. The molecular formula is C45H78NO10P. The Morgan fingerprint density at radius 2 is 1.23 bits per heavy atom. The number of unbranched alkanes of at least 4 members (excludes halogenated alkanes) is 12. The Morgan fingerprint density at radius 1 is 0.649 bits per heavy atom. The first-order valence-electron chi connectivity index (χ1n) is 21.4. The van der Waals surface area contributed by atoms with E-state index < -0.39 is 38.2 Å². The summed E-state index contributed by atoms with van der Waals surface area (Å²) in [6.07, 6.45) is 41.3. The number of hydrogen-bond donors (Lipinski definition) is 5. The summed E-state index contributed by atoms with van der Waals surface area (Å²) < 4.78 is 33.2. The van der Waals surface area contributed by atoms with Crippen molar-refractivity contribution in [1.29, 1.82) is 0 Å². The molecule has 5 unspecified atom stereocenters. The van der Waals surface area contributed by atoms with Crippen LogP contribution in [0.3, 0.4) is 0 Å². The van der Waals surface area contributed by atoms with Crippen molar-refractivity contribution in [3.63, 3.8) is 0 Å². The number of nitrogens with two attached hydrogens (primary N) is 1. The molecule has 0 bridgehead atoms. The first-order chi connectivity index (χ1) is 27.6. The standard InChI is InChI=1S/C45H78NO10P/c1-3-5-7-8-9-10-11-12-13-14-15-16-17-20-23-30-37-53-39-42(40-55-57(51,52)54-38-36-46)56-45(50)35-29-24-27-32-41(47)31-26-21-18-19-22-28-34-44(49)43(48)33-25-6-4-2/h6,12-13,18-19,21-22,24-28,31,34,41-44,47-49H,3-5,7-11,14-17,20,23,29-30,32-33,35-40,46H2,1-2H3,(H,51,52)/b13-12-,21-18+,22-19-,25-6-,27-24+,31-26+,34-28+. The summed E-state index contributed by atoms with van der Waals surface area (Å²) in [5, 5.41) is 30.0. The number of aliphatic hydroxyl groups excluding tert-OH is 3. The molecule has 11 nitrogen and oxygen atoms in total. The van der Waals surface area contributed by atoms with E-state index in [-0.39, 0.29) is 32.8 Å². The van der Waals surface area contributed by atoms with Gasteiger partial charge in [0.25, 0.3) is 0 Å². The Bertz CT molecular complexity index is 1200. The fraction of sp³-hybridized carbons (Fsp3) is 0.667. The molecule has 0 aromatic heterocycles. The van der Waals surface area contributed by atoms with Gasteiger partial charge in [-0.2, -0.15) is 0 Å². The Kier molecular flexibility index (Phi) is 38.6. The minimum Gasteiger partial charge on any atom is -0.457 e. The quantitative estimate of drug-likeness (QED) is 0.0131. The fourth-order valence-corrected chi connectivity index (χ4v) is 6.11. The number of hydrogen-bond acceptors (Lipinski definition) is 10. The highest BCUT2D eigenvalue weighted by molar-refractivity contribution is 7.47. The van der Waals surface area contributed by atoms with E-state index >= 15 is 0 Å². The molecule has 0 rings (SSSR count). The number of allylic oxidation sites excluding steroid dienone is 10. The van der Waals surface area contributed by atoms with Crippen LogP contribution in [0.25, 0.3) is 0 Å². The van der Waals surface area contributed by atoms with E-state index in [0.717, 1.165) is 32.1 Å². The maximum Gasteiger partial charge on any atom is 0.472 e. The predicted octanol–water partition coefficient (Wildman–Crippen LogP) is 9.43. The number of carbonyl (C=O) groups excluding carboxylic acids is 1. The van der Waals surface area contributed by atoms with Gasteiger partial charge in [-0.1, -0.05) is 157 Å². The highest BCUT2D eigenvalue weighted by Crippen LogP contribution is 2.43. The van der Waals surface area contributed by atoms with Gasteiger partial charge in [0.05, 0.1) is 38.1 Å². The summed E-state index contributed by atoms with van der Waals surface area (Å²) in [7, 11) is -4.35. The van der Waals surface area contributed by atoms with E-state index in [4.69, 9.17) is 24.3 Å². The van der Waals surface area contributed by atoms with Crippen LogP contribution in [0.1, 0.15) is 136 Å². The molecule has 0 saturated carbocycles. The maximum atomic E-state index is 12.6. The van der Waals surface area contributed by atoms with Gasteiger partial charge < -0.3 is 35.4 Å². The van der Waals surface area contributed by atoms with Crippen molar-refractivity contribution in [2.24, 2.45) is 5.73 Å². The Hall–Kier alpha value is -2.44. The lowest BCUT2D eigenvalue weighted by Crippen LogP contribution is -2.28. The van der Waals surface area contributed by atoms with E-state index in [0.29, 0.717) is 25.9 Å². The van der Waals surface area contributed by atoms with Crippen LogP contribution in [0.15, 0.2) is 85.1 Å². The molecule has 0 aromatic rings. The van der Waals surface area contributed by atoms with Crippen LogP contribution in [0.2, 0.25) is 0 Å². The van der Waals surface area contributed by atoms with Crippen LogP contribution in [0, 0.1) is 0 Å². The first-order valence-corrected chi connectivity index (χ1v) is 22.9. The summed E-state index contributed by atoms with van der Waals surface area (Å²) in [5.74, 6) is -0.506. The topological polar surface area (TPSA) is 178 Å².